The van der Waals surface area contributed by atoms with E-state index < -0.39 is 0 Å². The molecule has 20 heavy (non-hydrogen) atoms. The first-order valence-corrected chi connectivity index (χ1v) is 7.16. The van der Waals surface area contributed by atoms with Gasteiger partial charge in [0.2, 0.25) is 0 Å². The van der Waals surface area contributed by atoms with E-state index >= 15 is 0 Å². The zero-order chi connectivity index (χ0) is 14.9. The Hall–Kier alpha value is -1.53. The van der Waals surface area contributed by atoms with Crippen molar-refractivity contribution >= 4 is 0 Å². The van der Waals surface area contributed by atoms with Crippen molar-refractivity contribution in [1.82, 2.24) is 4.90 Å². The van der Waals surface area contributed by atoms with Gasteiger partial charge in [0, 0.05) is 24.5 Å². The molecular weight excluding hydrogens is 248 g/mol. The van der Waals surface area contributed by atoms with Crippen molar-refractivity contribution in [2.45, 2.75) is 39.2 Å². The van der Waals surface area contributed by atoms with Crippen LogP contribution in [-0.2, 0) is 0 Å². The molecule has 0 spiro atoms. The highest BCUT2D eigenvalue weighted by Gasteiger charge is 2.39. The Labute approximate surface area is 122 Å². The van der Waals surface area contributed by atoms with Gasteiger partial charge in [0.15, 0.2) is 0 Å². The van der Waals surface area contributed by atoms with Crippen LogP contribution in [0.15, 0.2) is 18.2 Å². The lowest BCUT2D eigenvalue weighted by Crippen LogP contribution is -2.39. The second-order valence-corrected chi connectivity index (χ2v) is 6.66. The molecule has 1 heterocycles. The third-order valence-electron chi connectivity index (χ3n) is 4.22. The highest BCUT2D eigenvalue weighted by atomic mass is 16.5. The molecule has 1 aromatic carbocycles. The fraction of sp³-hybridized carbons (Fsp3) is 0.588. The molecule has 0 saturated carbocycles. The highest BCUT2D eigenvalue weighted by molar-refractivity contribution is 5.41. The lowest BCUT2D eigenvalue weighted by molar-refractivity contribution is 0.170. The van der Waals surface area contributed by atoms with Gasteiger partial charge in [-0.25, -0.2) is 0 Å². The molecule has 2 atom stereocenters. The lowest BCUT2D eigenvalue weighted by atomic mass is 9.89. The Kier molecular flexibility index (Phi) is 4.06. The summed E-state index contributed by atoms with van der Waals surface area (Å²) in [5, 5.41) is 9.48. The summed E-state index contributed by atoms with van der Waals surface area (Å²) in [6, 6.07) is 8.77. The molecule has 1 aliphatic heterocycles. The summed E-state index contributed by atoms with van der Waals surface area (Å²) >= 11 is 0. The van der Waals surface area contributed by atoms with Crippen molar-refractivity contribution in [3.8, 4) is 11.8 Å². The maximum absolute atomic E-state index is 9.48. The van der Waals surface area contributed by atoms with Crippen molar-refractivity contribution in [2.75, 3.05) is 20.2 Å². The van der Waals surface area contributed by atoms with E-state index in [-0.39, 0.29) is 17.4 Å². The molecular formula is C17H24N2O. The van der Waals surface area contributed by atoms with Crippen LogP contribution in [0.5, 0.6) is 5.75 Å². The van der Waals surface area contributed by atoms with Gasteiger partial charge in [-0.2, -0.15) is 5.26 Å². The van der Waals surface area contributed by atoms with Crippen LogP contribution in [0.3, 0.4) is 0 Å². The zero-order valence-electron chi connectivity index (χ0n) is 13.1. The second-order valence-electron chi connectivity index (χ2n) is 6.66. The third-order valence-corrected chi connectivity index (χ3v) is 4.22. The number of hydrogen-bond donors (Lipinski definition) is 0. The number of ether oxygens (including phenoxy) is 1. The molecule has 0 amide bonds. The van der Waals surface area contributed by atoms with Gasteiger partial charge in [-0.15, -0.1) is 0 Å². The van der Waals surface area contributed by atoms with Crippen LogP contribution in [0.2, 0.25) is 0 Å². The summed E-state index contributed by atoms with van der Waals surface area (Å²) in [5.41, 5.74) is 2.45. The summed E-state index contributed by atoms with van der Waals surface area (Å²) in [5.74, 6) is 1.17. The van der Waals surface area contributed by atoms with E-state index in [1.54, 1.807) is 7.11 Å². The zero-order valence-corrected chi connectivity index (χ0v) is 13.1. The number of nitriles is 1. The number of likely N-dealkylation sites (tertiary alicyclic amines) is 1. The largest absolute Gasteiger partial charge is 0.496 e. The minimum absolute atomic E-state index is 0.0332. The third kappa shape index (κ3) is 2.81. The van der Waals surface area contributed by atoms with Crippen LogP contribution in [-0.4, -0.2) is 30.6 Å². The predicted octanol–water partition coefficient (Wildman–Crippen LogP) is 3.34. The van der Waals surface area contributed by atoms with E-state index in [0.29, 0.717) is 0 Å². The average Bonchev–Trinajstić information content (AvgIpc) is 2.82. The molecule has 0 aromatic heterocycles. The predicted molar refractivity (Wildman–Crippen MR) is 80.9 cm³/mol. The van der Waals surface area contributed by atoms with E-state index in [4.69, 9.17) is 4.74 Å². The van der Waals surface area contributed by atoms with E-state index in [0.717, 1.165) is 24.4 Å². The second kappa shape index (κ2) is 5.46. The molecule has 0 bridgehead atoms. The van der Waals surface area contributed by atoms with Gasteiger partial charge in [0.1, 0.15) is 5.75 Å². The topological polar surface area (TPSA) is 36.3 Å². The van der Waals surface area contributed by atoms with Crippen LogP contribution in [0.1, 0.15) is 37.8 Å². The Bertz CT molecular complexity index is 525. The van der Waals surface area contributed by atoms with Gasteiger partial charge in [-0.3, -0.25) is 4.90 Å². The summed E-state index contributed by atoms with van der Waals surface area (Å²) in [7, 11) is 1.70. The number of benzene rings is 1. The summed E-state index contributed by atoms with van der Waals surface area (Å²) in [4.78, 5) is 2.39. The summed E-state index contributed by atoms with van der Waals surface area (Å²) in [6.07, 6.45) is 0. The van der Waals surface area contributed by atoms with Crippen molar-refractivity contribution in [1.29, 1.82) is 5.26 Å². The van der Waals surface area contributed by atoms with Crippen LogP contribution < -0.4 is 4.74 Å². The van der Waals surface area contributed by atoms with Crippen molar-refractivity contribution < 1.29 is 4.74 Å². The van der Waals surface area contributed by atoms with Crippen LogP contribution in [0.25, 0.3) is 0 Å². The Morgan fingerprint density at radius 2 is 2.00 bits per heavy atom. The number of hydrogen-bond acceptors (Lipinski definition) is 3. The molecule has 0 N–H and O–H groups in total. The van der Waals surface area contributed by atoms with Gasteiger partial charge in [-0.05, 0) is 44.9 Å². The van der Waals surface area contributed by atoms with Crippen LogP contribution in [0.4, 0.5) is 0 Å². The van der Waals surface area contributed by atoms with Crippen molar-refractivity contribution in [2.24, 2.45) is 5.92 Å². The van der Waals surface area contributed by atoms with E-state index in [2.05, 4.69) is 56.9 Å². The number of aryl methyl sites for hydroxylation is 1. The first-order valence-electron chi connectivity index (χ1n) is 7.16. The Morgan fingerprint density at radius 1 is 1.30 bits per heavy atom. The quantitative estimate of drug-likeness (QED) is 0.828. The number of rotatable bonds is 2. The number of nitrogens with zero attached hydrogens (tertiary/aromatic N) is 2. The molecule has 0 aliphatic carbocycles. The van der Waals surface area contributed by atoms with E-state index in [1.807, 2.05) is 0 Å². The SMILES string of the molecule is COc1cc(C)ccc1[C@H]1CN(C(C)(C)C)C[C@@H]1C#N. The lowest BCUT2D eigenvalue weighted by Gasteiger charge is -2.31. The number of methoxy groups -OCH3 is 1. The Balaban J connectivity index is 2.35. The molecule has 1 saturated heterocycles. The smallest absolute Gasteiger partial charge is 0.122 e. The standard InChI is InChI=1S/C17H24N2O/c1-12-6-7-14(16(8-12)20-5)15-11-19(17(2,3)4)10-13(15)9-18/h6-8,13,15H,10-11H2,1-5H3/t13-,15-/m0/s1. The van der Waals surface area contributed by atoms with E-state index in [1.165, 1.54) is 5.56 Å². The van der Waals surface area contributed by atoms with E-state index in [9.17, 15) is 5.26 Å². The van der Waals surface area contributed by atoms with Gasteiger partial charge < -0.3 is 4.74 Å². The Morgan fingerprint density at radius 3 is 2.55 bits per heavy atom. The summed E-state index contributed by atoms with van der Waals surface area (Å²) < 4.78 is 5.52. The van der Waals surface area contributed by atoms with Gasteiger partial charge in [0.05, 0.1) is 19.1 Å². The maximum Gasteiger partial charge on any atom is 0.122 e. The molecule has 0 unspecified atom stereocenters. The molecule has 0 radical (unpaired) electrons. The first kappa shape index (κ1) is 14.9. The van der Waals surface area contributed by atoms with Gasteiger partial charge in [0.25, 0.3) is 0 Å². The van der Waals surface area contributed by atoms with Gasteiger partial charge >= 0.3 is 0 Å². The minimum atomic E-state index is 0.0332. The van der Waals surface area contributed by atoms with Crippen LogP contribution >= 0.6 is 0 Å². The van der Waals surface area contributed by atoms with Gasteiger partial charge in [-0.1, -0.05) is 12.1 Å². The van der Waals surface area contributed by atoms with Crippen molar-refractivity contribution in [3.05, 3.63) is 29.3 Å². The fourth-order valence-corrected chi connectivity index (χ4v) is 2.92. The molecule has 2 rings (SSSR count). The molecule has 3 nitrogen and oxygen atoms in total. The average molecular weight is 272 g/mol. The van der Waals surface area contributed by atoms with Crippen molar-refractivity contribution in [3.63, 3.8) is 0 Å². The van der Waals surface area contributed by atoms with Crippen LogP contribution in [0, 0.1) is 24.2 Å². The maximum atomic E-state index is 9.48. The highest BCUT2D eigenvalue weighted by Crippen LogP contribution is 2.39. The molecule has 108 valence electrons. The first-order chi connectivity index (χ1) is 9.36. The molecule has 3 heteroatoms. The monoisotopic (exact) mass is 272 g/mol. The molecule has 1 fully saturated rings. The normalized spacial score (nSPS) is 23.6. The molecule has 1 aliphatic rings. The summed E-state index contributed by atoms with van der Waals surface area (Å²) in [6.45, 7) is 10.4. The fourth-order valence-electron chi connectivity index (χ4n) is 2.92. The molecule has 1 aromatic rings. The minimum Gasteiger partial charge on any atom is -0.496 e.